The van der Waals surface area contributed by atoms with E-state index < -0.39 is 0 Å². The zero-order valence-electron chi connectivity index (χ0n) is 9.53. The number of amides is 1. The number of unbranched alkanes of at least 4 members (excludes halogenated alkanes) is 1. The average molecular weight is 295 g/mol. The molecule has 1 amide bonds. The summed E-state index contributed by atoms with van der Waals surface area (Å²) < 4.78 is 2.01. The molecule has 0 bridgehead atoms. The van der Waals surface area contributed by atoms with E-state index in [-0.39, 0.29) is 5.91 Å². The van der Waals surface area contributed by atoms with Gasteiger partial charge in [-0.05, 0) is 25.0 Å². The Morgan fingerprint density at radius 3 is 2.76 bits per heavy atom. The van der Waals surface area contributed by atoms with Gasteiger partial charge in [0.1, 0.15) is 5.69 Å². The van der Waals surface area contributed by atoms with Crippen LogP contribution in [0.2, 0.25) is 0 Å². The lowest BCUT2D eigenvalue weighted by Gasteiger charge is -2.07. The number of halogens is 1. The lowest BCUT2D eigenvalue weighted by atomic mass is 10.2. The molecule has 0 radical (unpaired) electrons. The van der Waals surface area contributed by atoms with Crippen molar-refractivity contribution >= 4 is 32.7 Å². The number of carbonyl (C=O) groups excluding carboxylic acids is 1. The lowest BCUT2D eigenvalue weighted by molar-refractivity contribution is 0.0991. The average Bonchev–Trinajstić information content (AvgIpc) is 2.69. The molecule has 0 spiro atoms. The van der Waals surface area contributed by atoms with Gasteiger partial charge in [-0.2, -0.15) is 0 Å². The van der Waals surface area contributed by atoms with Gasteiger partial charge in [0.25, 0.3) is 5.91 Å². The summed E-state index contributed by atoms with van der Waals surface area (Å²) in [5.41, 5.74) is 7.09. The SMILES string of the molecule is NC(=O)c1cc2ccccc2n1CCCCBr. The molecule has 1 aromatic heterocycles. The summed E-state index contributed by atoms with van der Waals surface area (Å²) >= 11 is 3.41. The van der Waals surface area contributed by atoms with Gasteiger partial charge in [-0.25, -0.2) is 0 Å². The fraction of sp³-hybridized carbons (Fsp3) is 0.308. The second-order valence-electron chi connectivity index (χ2n) is 4.00. The second kappa shape index (κ2) is 5.36. The van der Waals surface area contributed by atoms with E-state index in [1.165, 1.54) is 0 Å². The predicted molar refractivity (Wildman–Crippen MR) is 73.5 cm³/mol. The molecule has 90 valence electrons. The van der Waals surface area contributed by atoms with Gasteiger partial charge in [-0.3, -0.25) is 4.79 Å². The van der Waals surface area contributed by atoms with Gasteiger partial charge in [-0.15, -0.1) is 0 Å². The Kier molecular flexibility index (Phi) is 3.84. The van der Waals surface area contributed by atoms with Crippen LogP contribution in [0.4, 0.5) is 0 Å². The molecule has 17 heavy (non-hydrogen) atoms. The maximum Gasteiger partial charge on any atom is 0.265 e. The standard InChI is InChI=1S/C13H15BrN2O/c14-7-3-4-8-16-11-6-2-1-5-10(11)9-12(16)13(15)17/h1-2,5-6,9H,3-4,7-8H2,(H2,15,17). The quantitative estimate of drug-likeness (QED) is 0.669. The first kappa shape index (κ1) is 12.2. The minimum atomic E-state index is -0.361. The summed E-state index contributed by atoms with van der Waals surface area (Å²) in [4.78, 5) is 11.4. The Labute approximate surface area is 109 Å². The molecule has 0 saturated carbocycles. The Bertz CT molecular complexity index is 533. The predicted octanol–water partition coefficient (Wildman–Crippen LogP) is 2.92. The van der Waals surface area contributed by atoms with Crippen molar-refractivity contribution < 1.29 is 4.79 Å². The van der Waals surface area contributed by atoms with Crippen LogP contribution in [0.15, 0.2) is 30.3 Å². The van der Waals surface area contributed by atoms with Crippen LogP contribution in [0, 0.1) is 0 Å². The third kappa shape index (κ3) is 2.52. The number of hydrogen-bond donors (Lipinski definition) is 1. The van der Waals surface area contributed by atoms with Crippen LogP contribution < -0.4 is 5.73 Å². The van der Waals surface area contributed by atoms with Gasteiger partial charge in [0.2, 0.25) is 0 Å². The number of nitrogens with zero attached hydrogens (tertiary/aromatic N) is 1. The monoisotopic (exact) mass is 294 g/mol. The van der Waals surface area contributed by atoms with E-state index in [9.17, 15) is 4.79 Å². The minimum absolute atomic E-state index is 0.361. The van der Waals surface area contributed by atoms with Crippen molar-refractivity contribution in [3.05, 3.63) is 36.0 Å². The highest BCUT2D eigenvalue weighted by Crippen LogP contribution is 2.20. The van der Waals surface area contributed by atoms with Gasteiger partial charge in [0.15, 0.2) is 0 Å². The van der Waals surface area contributed by atoms with Crippen molar-refractivity contribution in [2.24, 2.45) is 5.73 Å². The topological polar surface area (TPSA) is 48.0 Å². The van der Waals surface area contributed by atoms with Gasteiger partial charge in [-0.1, -0.05) is 34.1 Å². The van der Waals surface area contributed by atoms with Crippen LogP contribution in [0.5, 0.6) is 0 Å². The normalized spacial score (nSPS) is 10.9. The van der Waals surface area contributed by atoms with Crippen molar-refractivity contribution in [3.63, 3.8) is 0 Å². The molecule has 1 heterocycles. The van der Waals surface area contributed by atoms with Crippen LogP contribution in [0.25, 0.3) is 10.9 Å². The van der Waals surface area contributed by atoms with E-state index in [1.807, 2.05) is 34.9 Å². The highest BCUT2D eigenvalue weighted by molar-refractivity contribution is 9.09. The molecule has 0 aliphatic heterocycles. The van der Waals surface area contributed by atoms with Crippen LogP contribution in [0.3, 0.4) is 0 Å². The Hall–Kier alpha value is -1.29. The van der Waals surface area contributed by atoms with Crippen LogP contribution in [0.1, 0.15) is 23.3 Å². The highest BCUT2D eigenvalue weighted by atomic mass is 79.9. The molecule has 2 N–H and O–H groups in total. The summed E-state index contributed by atoms with van der Waals surface area (Å²) in [6, 6.07) is 9.84. The van der Waals surface area contributed by atoms with Gasteiger partial charge in [0, 0.05) is 22.8 Å². The lowest BCUT2D eigenvalue weighted by Crippen LogP contribution is -2.17. The number of aromatic nitrogens is 1. The molecule has 0 unspecified atom stereocenters. The maximum atomic E-state index is 11.4. The summed E-state index contributed by atoms with van der Waals surface area (Å²) in [7, 11) is 0. The molecule has 4 heteroatoms. The molecule has 2 rings (SSSR count). The number of hydrogen-bond acceptors (Lipinski definition) is 1. The summed E-state index contributed by atoms with van der Waals surface area (Å²) in [6.45, 7) is 0.831. The smallest absolute Gasteiger partial charge is 0.265 e. The number of carbonyl (C=O) groups is 1. The molecule has 0 atom stereocenters. The first-order valence-corrected chi connectivity index (χ1v) is 6.80. The largest absolute Gasteiger partial charge is 0.364 e. The molecular weight excluding hydrogens is 280 g/mol. The number of para-hydroxylation sites is 1. The van der Waals surface area contributed by atoms with Crippen molar-refractivity contribution in [2.75, 3.05) is 5.33 Å². The van der Waals surface area contributed by atoms with Crippen LogP contribution >= 0.6 is 15.9 Å². The maximum absolute atomic E-state index is 11.4. The third-order valence-electron chi connectivity index (χ3n) is 2.83. The molecule has 1 aromatic carbocycles. The van der Waals surface area contributed by atoms with Gasteiger partial charge < -0.3 is 10.3 Å². The molecule has 0 saturated heterocycles. The Morgan fingerprint density at radius 1 is 1.29 bits per heavy atom. The molecule has 2 aromatic rings. The van der Waals surface area contributed by atoms with Crippen molar-refractivity contribution in [1.29, 1.82) is 0 Å². The second-order valence-corrected chi connectivity index (χ2v) is 4.79. The number of rotatable bonds is 5. The summed E-state index contributed by atoms with van der Waals surface area (Å²) in [5, 5.41) is 2.05. The van der Waals surface area contributed by atoms with Gasteiger partial charge in [0.05, 0.1) is 0 Å². The van der Waals surface area contributed by atoms with E-state index in [0.29, 0.717) is 5.69 Å². The van der Waals surface area contributed by atoms with E-state index in [2.05, 4.69) is 15.9 Å². The van der Waals surface area contributed by atoms with Crippen molar-refractivity contribution in [3.8, 4) is 0 Å². The first-order chi connectivity index (χ1) is 8.24. The fourth-order valence-corrected chi connectivity index (χ4v) is 2.42. The fourth-order valence-electron chi connectivity index (χ4n) is 2.02. The number of primary amides is 1. The van der Waals surface area contributed by atoms with E-state index in [4.69, 9.17) is 5.73 Å². The van der Waals surface area contributed by atoms with E-state index in [1.54, 1.807) is 0 Å². The highest BCUT2D eigenvalue weighted by Gasteiger charge is 2.11. The summed E-state index contributed by atoms with van der Waals surface area (Å²) in [6.07, 6.45) is 2.12. The zero-order chi connectivity index (χ0) is 12.3. The third-order valence-corrected chi connectivity index (χ3v) is 3.39. The molecule has 0 aliphatic carbocycles. The minimum Gasteiger partial charge on any atom is -0.364 e. The van der Waals surface area contributed by atoms with Crippen LogP contribution in [-0.4, -0.2) is 15.8 Å². The number of nitrogens with two attached hydrogens (primary N) is 1. The molecule has 0 fully saturated rings. The number of fused-ring (bicyclic) bond motifs is 1. The number of alkyl halides is 1. The Balaban J connectivity index is 2.41. The van der Waals surface area contributed by atoms with Crippen LogP contribution in [-0.2, 0) is 6.54 Å². The van der Waals surface area contributed by atoms with Gasteiger partial charge >= 0.3 is 0 Å². The van der Waals surface area contributed by atoms with Crippen molar-refractivity contribution in [2.45, 2.75) is 19.4 Å². The Morgan fingerprint density at radius 2 is 2.06 bits per heavy atom. The first-order valence-electron chi connectivity index (χ1n) is 5.68. The van der Waals surface area contributed by atoms with E-state index in [0.717, 1.165) is 35.6 Å². The number of benzene rings is 1. The number of aryl methyl sites for hydroxylation is 1. The van der Waals surface area contributed by atoms with E-state index >= 15 is 0 Å². The molecular formula is C13H15BrN2O. The molecule has 3 nitrogen and oxygen atoms in total. The molecule has 0 aliphatic rings. The zero-order valence-corrected chi connectivity index (χ0v) is 11.1. The van der Waals surface area contributed by atoms with Crippen molar-refractivity contribution in [1.82, 2.24) is 4.57 Å². The summed E-state index contributed by atoms with van der Waals surface area (Å²) in [5.74, 6) is -0.361.